The molecule has 1 heterocycles. The van der Waals surface area contributed by atoms with Gasteiger partial charge in [-0.15, -0.1) is 0 Å². The second-order valence-corrected chi connectivity index (χ2v) is 7.29. The van der Waals surface area contributed by atoms with Crippen LogP contribution in [0.3, 0.4) is 0 Å². The standard InChI is InChI=1S/C19H32N2/c1-14(2)12-20-13-17-8-9-19(16(5)11-17)21-10-6-7-18(21)15(3)4/h8-9,11,14-15,18,20H,6-7,10,12-13H2,1-5H3. The third-order valence-electron chi connectivity index (χ3n) is 4.52. The minimum Gasteiger partial charge on any atom is -0.368 e. The Labute approximate surface area is 130 Å². The average molecular weight is 288 g/mol. The molecule has 1 aromatic rings. The first-order valence-electron chi connectivity index (χ1n) is 8.56. The van der Waals surface area contributed by atoms with Crippen molar-refractivity contribution in [3.8, 4) is 0 Å². The highest BCUT2D eigenvalue weighted by Gasteiger charge is 2.27. The highest BCUT2D eigenvalue weighted by atomic mass is 15.2. The van der Waals surface area contributed by atoms with E-state index in [1.54, 1.807) is 0 Å². The summed E-state index contributed by atoms with van der Waals surface area (Å²) in [5.41, 5.74) is 4.27. The fraction of sp³-hybridized carbons (Fsp3) is 0.684. The van der Waals surface area contributed by atoms with E-state index in [9.17, 15) is 0 Å². The van der Waals surface area contributed by atoms with Gasteiger partial charge in [-0.3, -0.25) is 0 Å². The van der Waals surface area contributed by atoms with Crippen molar-refractivity contribution in [3.05, 3.63) is 29.3 Å². The van der Waals surface area contributed by atoms with Gasteiger partial charge in [-0.1, -0.05) is 39.8 Å². The summed E-state index contributed by atoms with van der Waals surface area (Å²) in [6.45, 7) is 14.7. The smallest absolute Gasteiger partial charge is 0.0398 e. The Morgan fingerprint density at radius 3 is 2.62 bits per heavy atom. The topological polar surface area (TPSA) is 15.3 Å². The minimum atomic E-state index is 0.710. The summed E-state index contributed by atoms with van der Waals surface area (Å²) in [5, 5.41) is 3.53. The maximum absolute atomic E-state index is 3.53. The molecule has 1 N–H and O–H groups in total. The second kappa shape index (κ2) is 7.31. The molecule has 21 heavy (non-hydrogen) atoms. The molecule has 1 unspecified atom stereocenters. The fourth-order valence-corrected chi connectivity index (χ4v) is 3.44. The molecule has 2 heteroatoms. The lowest BCUT2D eigenvalue weighted by atomic mass is 10.0. The number of rotatable bonds is 6. The van der Waals surface area contributed by atoms with Crippen LogP contribution in [0.2, 0.25) is 0 Å². The number of anilines is 1. The second-order valence-electron chi connectivity index (χ2n) is 7.29. The van der Waals surface area contributed by atoms with Crippen molar-refractivity contribution in [2.75, 3.05) is 18.0 Å². The molecule has 1 aliphatic rings. The molecule has 0 aliphatic carbocycles. The Kier molecular flexibility index (Phi) is 5.69. The molecular weight excluding hydrogens is 256 g/mol. The Hall–Kier alpha value is -1.02. The molecule has 2 rings (SSSR count). The quantitative estimate of drug-likeness (QED) is 0.836. The van der Waals surface area contributed by atoms with Gasteiger partial charge in [0.25, 0.3) is 0 Å². The Balaban J connectivity index is 2.05. The van der Waals surface area contributed by atoms with Gasteiger partial charge < -0.3 is 10.2 Å². The van der Waals surface area contributed by atoms with Gasteiger partial charge in [-0.2, -0.15) is 0 Å². The van der Waals surface area contributed by atoms with Gasteiger partial charge in [0.05, 0.1) is 0 Å². The third kappa shape index (κ3) is 4.23. The number of aryl methyl sites for hydroxylation is 1. The van der Waals surface area contributed by atoms with Crippen LogP contribution < -0.4 is 10.2 Å². The van der Waals surface area contributed by atoms with E-state index in [1.807, 2.05) is 0 Å². The fourth-order valence-electron chi connectivity index (χ4n) is 3.44. The van der Waals surface area contributed by atoms with Crippen molar-refractivity contribution in [2.24, 2.45) is 11.8 Å². The maximum Gasteiger partial charge on any atom is 0.0398 e. The van der Waals surface area contributed by atoms with E-state index < -0.39 is 0 Å². The molecule has 2 nitrogen and oxygen atoms in total. The average Bonchev–Trinajstić information content (AvgIpc) is 2.87. The van der Waals surface area contributed by atoms with Crippen LogP contribution in [0.4, 0.5) is 5.69 Å². The number of benzene rings is 1. The lowest BCUT2D eigenvalue weighted by molar-refractivity contribution is 0.491. The van der Waals surface area contributed by atoms with Crippen LogP contribution in [0.5, 0.6) is 0 Å². The molecule has 0 aromatic heterocycles. The molecule has 0 amide bonds. The van der Waals surface area contributed by atoms with Gasteiger partial charge in [-0.25, -0.2) is 0 Å². The monoisotopic (exact) mass is 288 g/mol. The lowest BCUT2D eigenvalue weighted by Gasteiger charge is -2.31. The number of hydrogen-bond donors (Lipinski definition) is 1. The van der Waals surface area contributed by atoms with Crippen molar-refractivity contribution in [1.29, 1.82) is 0 Å². The molecule has 0 spiro atoms. The van der Waals surface area contributed by atoms with Crippen LogP contribution in [0.25, 0.3) is 0 Å². The van der Waals surface area contributed by atoms with Crippen molar-refractivity contribution in [2.45, 2.75) is 60.0 Å². The third-order valence-corrected chi connectivity index (χ3v) is 4.52. The molecule has 0 bridgehead atoms. The van der Waals surface area contributed by atoms with Crippen molar-refractivity contribution in [3.63, 3.8) is 0 Å². The first-order chi connectivity index (χ1) is 9.99. The first kappa shape index (κ1) is 16.4. The normalized spacial score (nSPS) is 19.0. The van der Waals surface area contributed by atoms with Crippen molar-refractivity contribution in [1.82, 2.24) is 5.32 Å². The summed E-state index contributed by atoms with van der Waals surface area (Å²) in [7, 11) is 0. The zero-order valence-electron chi connectivity index (χ0n) is 14.4. The van der Waals surface area contributed by atoms with E-state index >= 15 is 0 Å². The Bertz CT molecular complexity index is 451. The Morgan fingerprint density at radius 2 is 2.00 bits per heavy atom. The number of nitrogens with one attached hydrogen (secondary N) is 1. The van der Waals surface area contributed by atoms with E-state index in [-0.39, 0.29) is 0 Å². The zero-order chi connectivity index (χ0) is 15.4. The van der Waals surface area contributed by atoms with Gasteiger partial charge in [-0.05, 0) is 55.3 Å². The van der Waals surface area contributed by atoms with Gasteiger partial charge >= 0.3 is 0 Å². The zero-order valence-corrected chi connectivity index (χ0v) is 14.4. The summed E-state index contributed by atoms with van der Waals surface area (Å²) in [6, 6.07) is 7.71. The predicted molar refractivity (Wildman–Crippen MR) is 92.9 cm³/mol. The molecule has 0 radical (unpaired) electrons. The van der Waals surface area contributed by atoms with E-state index in [0.29, 0.717) is 12.0 Å². The Morgan fingerprint density at radius 1 is 1.24 bits per heavy atom. The molecule has 1 atom stereocenters. The molecule has 1 saturated heterocycles. The summed E-state index contributed by atoms with van der Waals surface area (Å²) in [5.74, 6) is 1.45. The number of nitrogens with zero attached hydrogens (tertiary/aromatic N) is 1. The van der Waals surface area contributed by atoms with E-state index in [1.165, 1.54) is 36.2 Å². The summed E-state index contributed by atoms with van der Waals surface area (Å²) in [6.07, 6.45) is 2.68. The van der Waals surface area contributed by atoms with Crippen LogP contribution in [0.1, 0.15) is 51.7 Å². The number of hydrogen-bond acceptors (Lipinski definition) is 2. The minimum absolute atomic E-state index is 0.710. The molecule has 118 valence electrons. The molecule has 1 fully saturated rings. The van der Waals surface area contributed by atoms with Crippen molar-refractivity contribution < 1.29 is 0 Å². The molecule has 0 saturated carbocycles. The SMILES string of the molecule is Cc1cc(CNCC(C)C)ccc1N1CCCC1C(C)C. The van der Waals surface area contributed by atoms with Crippen LogP contribution in [-0.4, -0.2) is 19.1 Å². The summed E-state index contributed by atoms with van der Waals surface area (Å²) >= 11 is 0. The van der Waals surface area contributed by atoms with Gasteiger partial charge in [0.2, 0.25) is 0 Å². The lowest BCUT2D eigenvalue weighted by Crippen LogP contribution is -2.33. The van der Waals surface area contributed by atoms with Gasteiger partial charge in [0.15, 0.2) is 0 Å². The predicted octanol–water partition coefficient (Wildman–Crippen LogP) is 4.37. The highest BCUT2D eigenvalue weighted by Crippen LogP contribution is 2.32. The largest absolute Gasteiger partial charge is 0.368 e. The molecule has 1 aromatic carbocycles. The summed E-state index contributed by atoms with van der Waals surface area (Å²) < 4.78 is 0. The van der Waals surface area contributed by atoms with E-state index in [0.717, 1.165) is 19.0 Å². The van der Waals surface area contributed by atoms with Crippen molar-refractivity contribution >= 4 is 5.69 Å². The van der Waals surface area contributed by atoms with Crippen LogP contribution in [0, 0.1) is 18.8 Å². The first-order valence-corrected chi connectivity index (χ1v) is 8.56. The maximum atomic E-state index is 3.53. The van der Waals surface area contributed by atoms with Crippen LogP contribution in [0.15, 0.2) is 18.2 Å². The summed E-state index contributed by atoms with van der Waals surface area (Å²) in [4.78, 5) is 2.63. The van der Waals surface area contributed by atoms with E-state index in [2.05, 4.69) is 63.0 Å². The van der Waals surface area contributed by atoms with Crippen LogP contribution >= 0.6 is 0 Å². The van der Waals surface area contributed by atoms with Gasteiger partial charge in [0, 0.05) is 24.8 Å². The molecule has 1 aliphatic heterocycles. The van der Waals surface area contributed by atoms with Gasteiger partial charge in [0.1, 0.15) is 0 Å². The molecular formula is C19H32N2. The van der Waals surface area contributed by atoms with Crippen LogP contribution in [-0.2, 0) is 6.54 Å². The van der Waals surface area contributed by atoms with E-state index in [4.69, 9.17) is 0 Å². The highest BCUT2D eigenvalue weighted by molar-refractivity contribution is 5.56.